The van der Waals surface area contributed by atoms with Crippen molar-refractivity contribution in [2.75, 3.05) is 13.1 Å². The van der Waals surface area contributed by atoms with Crippen molar-refractivity contribution in [2.24, 2.45) is 11.7 Å². The Morgan fingerprint density at radius 2 is 2.25 bits per heavy atom. The van der Waals surface area contributed by atoms with Gasteiger partial charge in [-0.15, -0.1) is 11.3 Å². The number of primary amides is 1. The van der Waals surface area contributed by atoms with Gasteiger partial charge in [-0.2, -0.15) is 0 Å². The lowest BCUT2D eigenvalue weighted by Gasteiger charge is -2.27. The summed E-state index contributed by atoms with van der Waals surface area (Å²) in [6, 6.07) is 1.60. The van der Waals surface area contributed by atoms with E-state index in [-0.39, 0.29) is 17.4 Å². The number of amides is 1. The molecule has 3 rings (SSSR count). The lowest BCUT2D eigenvalue weighted by atomic mass is 9.96. The summed E-state index contributed by atoms with van der Waals surface area (Å²) in [4.78, 5) is 29.6. The molecule has 7 heteroatoms. The third-order valence-electron chi connectivity index (χ3n) is 3.88. The number of hydrogen-bond acceptors (Lipinski definition) is 4. The third kappa shape index (κ3) is 2.59. The zero-order valence-electron chi connectivity index (χ0n) is 11.0. The number of thiazole rings is 1. The van der Waals surface area contributed by atoms with Gasteiger partial charge in [0.25, 0.3) is 5.56 Å². The zero-order chi connectivity index (χ0) is 14.1. The lowest BCUT2D eigenvalue weighted by molar-refractivity contribution is -0.919. The van der Waals surface area contributed by atoms with Crippen LogP contribution in [0.15, 0.2) is 22.4 Å². The van der Waals surface area contributed by atoms with E-state index in [1.54, 1.807) is 16.7 Å². The van der Waals surface area contributed by atoms with Crippen LogP contribution >= 0.6 is 11.3 Å². The predicted octanol–water partition coefficient (Wildman–Crippen LogP) is -0.964. The molecule has 0 atom stereocenters. The van der Waals surface area contributed by atoms with Crippen molar-refractivity contribution in [3.05, 3.63) is 33.7 Å². The Bertz CT molecular complexity index is 685. The van der Waals surface area contributed by atoms with E-state index < -0.39 is 0 Å². The van der Waals surface area contributed by atoms with Crippen LogP contribution in [0, 0.1) is 5.92 Å². The van der Waals surface area contributed by atoms with Crippen LogP contribution in [0.2, 0.25) is 0 Å². The molecule has 0 unspecified atom stereocenters. The summed E-state index contributed by atoms with van der Waals surface area (Å²) in [5.74, 6) is -0.183. The van der Waals surface area contributed by atoms with Gasteiger partial charge in [-0.05, 0) is 0 Å². The average Bonchev–Trinajstić information content (AvgIpc) is 2.88. The van der Waals surface area contributed by atoms with Crippen molar-refractivity contribution < 1.29 is 9.69 Å². The molecule has 3 N–H and O–H groups in total. The van der Waals surface area contributed by atoms with Crippen LogP contribution in [0.5, 0.6) is 0 Å². The van der Waals surface area contributed by atoms with Crippen LogP contribution < -0.4 is 16.2 Å². The van der Waals surface area contributed by atoms with Crippen LogP contribution in [-0.2, 0) is 11.3 Å². The fourth-order valence-corrected chi connectivity index (χ4v) is 3.46. The Morgan fingerprint density at radius 1 is 1.50 bits per heavy atom. The number of piperidine rings is 1. The van der Waals surface area contributed by atoms with Gasteiger partial charge in [0.2, 0.25) is 5.91 Å². The third-order valence-corrected chi connectivity index (χ3v) is 4.64. The molecule has 3 heterocycles. The Morgan fingerprint density at radius 3 is 2.95 bits per heavy atom. The maximum atomic E-state index is 11.9. The normalized spacial score (nSPS) is 23.0. The molecule has 2 aromatic heterocycles. The summed E-state index contributed by atoms with van der Waals surface area (Å²) in [6.07, 6.45) is 3.39. The highest BCUT2D eigenvalue weighted by molar-refractivity contribution is 7.15. The first-order valence-corrected chi connectivity index (χ1v) is 7.60. The molecule has 0 spiro atoms. The number of nitrogens with zero attached hydrogens (tertiary/aromatic N) is 2. The Hall–Kier alpha value is -1.73. The van der Waals surface area contributed by atoms with Gasteiger partial charge >= 0.3 is 0 Å². The SMILES string of the molecule is NC(=O)C1CC[NH+](Cc2cc(=O)n3ccsc3n2)CC1. The second kappa shape index (κ2) is 5.34. The minimum Gasteiger partial charge on any atom is -0.369 e. The van der Waals surface area contributed by atoms with Crippen molar-refractivity contribution in [3.8, 4) is 0 Å². The van der Waals surface area contributed by atoms with E-state index in [1.165, 1.54) is 16.2 Å². The maximum Gasteiger partial charge on any atom is 0.258 e. The molecule has 1 aliphatic rings. The Kier molecular flexibility index (Phi) is 3.54. The van der Waals surface area contributed by atoms with E-state index >= 15 is 0 Å². The summed E-state index contributed by atoms with van der Waals surface area (Å²) < 4.78 is 1.56. The predicted molar refractivity (Wildman–Crippen MR) is 75.7 cm³/mol. The van der Waals surface area contributed by atoms with Gasteiger partial charge in [0.1, 0.15) is 12.2 Å². The summed E-state index contributed by atoms with van der Waals surface area (Å²) in [6.45, 7) is 2.54. The number of quaternary nitrogens is 1. The first-order chi connectivity index (χ1) is 9.63. The van der Waals surface area contributed by atoms with Crippen molar-refractivity contribution >= 4 is 22.2 Å². The molecular formula is C13H17N4O2S+. The number of rotatable bonds is 3. The van der Waals surface area contributed by atoms with Crippen LogP contribution in [-0.4, -0.2) is 28.4 Å². The second-order valence-corrected chi connectivity index (χ2v) is 6.12. The number of nitrogens with one attached hydrogen (secondary N) is 1. The first-order valence-electron chi connectivity index (χ1n) is 6.72. The molecule has 2 aromatic rings. The van der Waals surface area contributed by atoms with Crippen molar-refractivity contribution in [2.45, 2.75) is 19.4 Å². The molecule has 20 heavy (non-hydrogen) atoms. The number of hydrogen-bond donors (Lipinski definition) is 2. The van der Waals surface area contributed by atoms with Crippen LogP contribution in [0.25, 0.3) is 4.96 Å². The van der Waals surface area contributed by atoms with Gasteiger partial charge in [-0.1, -0.05) is 0 Å². The van der Waals surface area contributed by atoms with Crippen molar-refractivity contribution in [1.82, 2.24) is 9.38 Å². The Labute approximate surface area is 119 Å². The van der Waals surface area contributed by atoms with E-state index in [0.717, 1.165) is 43.1 Å². The van der Waals surface area contributed by atoms with E-state index in [4.69, 9.17) is 5.73 Å². The summed E-state index contributed by atoms with van der Waals surface area (Å²) in [5.41, 5.74) is 6.13. The van der Waals surface area contributed by atoms with Gasteiger partial charge < -0.3 is 10.6 Å². The number of likely N-dealkylation sites (tertiary alicyclic amines) is 1. The van der Waals surface area contributed by atoms with Crippen LogP contribution in [0.3, 0.4) is 0 Å². The second-order valence-electron chi connectivity index (χ2n) is 5.24. The minimum atomic E-state index is -0.194. The molecule has 106 valence electrons. The van der Waals surface area contributed by atoms with Crippen molar-refractivity contribution in [1.29, 1.82) is 0 Å². The van der Waals surface area contributed by atoms with E-state index in [0.29, 0.717) is 0 Å². The van der Waals surface area contributed by atoms with Gasteiger partial charge in [0, 0.05) is 36.4 Å². The lowest BCUT2D eigenvalue weighted by Crippen LogP contribution is -3.12. The smallest absolute Gasteiger partial charge is 0.258 e. The molecule has 0 aliphatic carbocycles. The molecular weight excluding hydrogens is 276 g/mol. The molecule has 0 bridgehead atoms. The minimum absolute atomic E-state index is 0.0112. The summed E-state index contributed by atoms with van der Waals surface area (Å²) in [5, 5.41) is 1.86. The molecule has 1 fully saturated rings. The number of carbonyl (C=O) groups excluding carboxylic acids is 1. The molecule has 1 aliphatic heterocycles. The molecule has 0 saturated carbocycles. The van der Waals surface area contributed by atoms with Crippen LogP contribution in [0.1, 0.15) is 18.5 Å². The number of carbonyl (C=O) groups is 1. The maximum absolute atomic E-state index is 11.9. The monoisotopic (exact) mass is 293 g/mol. The van der Waals surface area contributed by atoms with E-state index in [1.807, 2.05) is 5.38 Å². The van der Waals surface area contributed by atoms with Gasteiger partial charge in [0.05, 0.1) is 13.1 Å². The molecule has 1 saturated heterocycles. The van der Waals surface area contributed by atoms with Crippen molar-refractivity contribution in [3.63, 3.8) is 0 Å². The Balaban J connectivity index is 1.71. The molecule has 0 radical (unpaired) electrons. The topological polar surface area (TPSA) is 81.9 Å². The first kappa shape index (κ1) is 13.3. The summed E-state index contributed by atoms with van der Waals surface area (Å²) in [7, 11) is 0. The highest BCUT2D eigenvalue weighted by Crippen LogP contribution is 2.09. The van der Waals surface area contributed by atoms with Gasteiger partial charge in [0.15, 0.2) is 4.96 Å². The number of fused-ring (bicyclic) bond motifs is 1. The van der Waals surface area contributed by atoms with Gasteiger partial charge in [-0.25, -0.2) is 4.98 Å². The van der Waals surface area contributed by atoms with E-state index in [2.05, 4.69) is 4.98 Å². The number of aromatic nitrogens is 2. The fraction of sp³-hybridized carbons (Fsp3) is 0.462. The largest absolute Gasteiger partial charge is 0.369 e. The highest BCUT2D eigenvalue weighted by atomic mass is 32.1. The highest BCUT2D eigenvalue weighted by Gasteiger charge is 2.26. The molecule has 6 nitrogen and oxygen atoms in total. The van der Waals surface area contributed by atoms with E-state index in [9.17, 15) is 9.59 Å². The van der Waals surface area contributed by atoms with Gasteiger partial charge in [-0.3, -0.25) is 14.0 Å². The summed E-state index contributed by atoms with van der Waals surface area (Å²) >= 11 is 1.46. The standard InChI is InChI=1S/C13H16N4O2S/c14-12(19)9-1-3-16(4-2-9)8-10-7-11(18)17-5-6-20-13(17)15-10/h5-7,9H,1-4,8H2,(H2,14,19)/p+1. The number of nitrogens with two attached hydrogens (primary N) is 1. The quantitative estimate of drug-likeness (QED) is 0.764. The van der Waals surface area contributed by atoms with Crippen LogP contribution in [0.4, 0.5) is 0 Å². The fourth-order valence-electron chi connectivity index (χ4n) is 2.72. The average molecular weight is 293 g/mol. The molecule has 0 aromatic carbocycles. The molecule has 1 amide bonds. The zero-order valence-corrected chi connectivity index (χ0v) is 11.9.